The maximum absolute atomic E-state index is 12.2. The number of fused-ring (bicyclic) bond motifs is 1. The molecule has 0 radical (unpaired) electrons. The van der Waals surface area contributed by atoms with Crippen molar-refractivity contribution in [1.29, 1.82) is 0 Å². The predicted octanol–water partition coefficient (Wildman–Crippen LogP) is 1.71. The van der Waals surface area contributed by atoms with Gasteiger partial charge in [0.1, 0.15) is 0 Å². The molecule has 0 fully saturated rings. The SMILES string of the molecule is C=CCNC(=O)C(C)SCCN1C(=O)c2ccccc2C1=O. The lowest BCUT2D eigenvalue weighted by Gasteiger charge is -2.15. The second kappa shape index (κ2) is 7.26. The Morgan fingerprint density at radius 1 is 1.32 bits per heavy atom. The number of hydrogen-bond donors (Lipinski definition) is 1. The second-order valence-electron chi connectivity index (χ2n) is 4.85. The highest BCUT2D eigenvalue weighted by molar-refractivity contribution is 8.00. The summed E-state index contributed by atoms with van der Waals surface area (Å²) in [6.07, 6.45) is 1.62. The van der Waals surface area contributed by atoms with Crippen molar-refractivity contribution in [1.82, 2.24) is 10.2 Å². The number of hydrogen-bond acceptors (Lipinski definition) is 4. The highest BCUT2D eigenvalue weighted by atomic mass is 32.2. The van der Waals surface area contributed by atoms with Crippen LogP contribution in [0.3, 0.4) is 0 Å². The first-order valence-corrected chi connectivity index (χ1v) is 8.06. The van der Waals surface area contributed by atoms with Gasteiger partial charge in [-0.3, -0.25) is 19.3 Å². The van der Waals surface area contributed by atoms with Gasteiger partial charge in [0.2, 0.25) is 5.91 Å². The lowest BCUT2D eigenvalue weighted by molar-refractivity contribution is -0.120. The van der Waals surface area contributed by atoms with Crippen LogP contribution in [0.2, 0.25) is 0 Å². The first-order valence-electron chi connectivity index (χ1n) is 7.01. The molecule has 0 aliphatic carbocycles. The Hall–Kier alpha value is -2.08. The van der Waals surface area contributed by atoms with Gasteiger partial charge in [0, 0.05) is 18.8 Å². The van der Waals surface area contributed by atoms with Crippen LogP contribution in [0.5, 0.6) is 0 Å². The van der Waals surface area contributed by atoms with Crippen molar-refractivity contribution in [3.63, 3.8) is 0 Å². The van der Waals surface area contributed by atoms with Crippen LogP contribution >= 0.6 is 11.8 Å². The molecular weight excluding hydrogens is 300 g/mol. The van der Waals surface area contributed by atoms with E-state index in [0.29, 0.717) is 30.0 Å². The van der Waals surface area contributed by atoms with E-state index < -0.39 is 0 Å². The molecule has 1 aromatic rings. The van der Waals surface area contributed by atoms with E-state index in [1.807, 2.05) is 0 Å². The lowest BCUT2D eigenvalue weighted by atomic mass is 10.1. The molecule has 0 saturated carbocycles. The van der Waals surface area contributed by atoms with Gasteiger partial charge in [-0.15, -0.1) is 18.3 Å². The van der Waals surface area contributed by atoms with Gasteiger partial charge in [-0.25, -0.2) is 0 Å². The first-order chi connectivity index (χ1) is 10.6. The van der Waals surface area contributed by atoms with Gasteiger partial charge in [-0.1, -0.05) is 18.2 Å². The fraction of sp³-hybridized carbons (Fsp3) is 0.312. The van der Waals surface area contributed by atoms with Crippen molar-refractivity contribution in [3.8, 4) is 0 Å². The Labute approximate surface area is 133 Å². The Balaban J connectivity index is 1.86. The molecule has 0 bridgehead atoms. The number of nitrogens with one attached hydrogen (secondary N) is 1. The molecule has 22 heavy (non-hydrogen) atoms. The summed E-state index contributed by atoms with van der Waals surface area (Å²) in [4.78, 5) is 37.3. The Morgan fingerprint density at radius 2 is 1.91 bits per heavy atom. The average molecular weight is 318 g/mol. The third-order valence-electron chi connectivity index (χ3n) is 3.35. The van der Waals surface area contributed by atoms with Gasteiger partial charge in [0.25, 0.3) is 11.8 Å². The summed E-state index contributed by atoms with van der Waals surface area (Å²) in [5.41, 5.74) is 0.906. The smallest absolute Gasteiger partial charge is 0.261 e. The van der Waals surface area contributed by atoms with E-state index in [2.05, 4.69) is 11.9 Å². The summed E-state index contributed by atoms with van der Waals surface area (Å²) < 4.78 is 0. The van der Waals surface area contributed by atoms with Crippen molar-refractivity contribution in [2.75, 3.05) is 18.8 Å². The molecule has 116 valence electrons. The molecule has 1 aliphatic heterocycles. The minimum atomic E-state index is -0.259. The molecule has 1 aromatic carbocycles. The summed E-state index contributed by atoms with van der Waals surface area (Å²) in [5.74, 6) is -0.0732. The maximum Gasteiger partial charge on any atom is 0.261 e. The third kappa shape index (κ3) is 3.39. The molecule has 2 rings (SSSR count). The van der Waals surface area contributed by atoms with Crippen molar-refractivity contribution in [3.05, 3.63) is 48.0 Å². The quantitative estimate of drug-likeness (QED) is 0.614. The minimum absolute atomic E-state index is 0.0766. The van der Waals surface area contributed by atoms with Crippen molar-refractivity contribution in [2.45, 2.75) is 12.2 Å². The molecule has 0 aromatic heterocycles. The Bertz CT molecular complexity index is 580. The Kier molecular flexibility index (Phi) is 5.38. The summed E-state index contributed by atoms with van der Waals surface area (Å²) in [6.45, 7) is 6.07. The number of carbonyl (C=O) groups is 3. The lowest BCUT2D eigenvalue weighted by Crippen LogP contribution is -2.34. The zero-order valence-electron chi connectivity index (χ0n) is 12.4. The number of amides is 3. The van der Waals surface area contributed by atoms with Gasteiger partial charge < -0.3 is 5.32 Å². The fourth-order valence-electron chi connectivity index (χ4n) is 2.16. The van der Waals surface area contributed by atoms with Crippen molar-refractivity contribution in [2.24, 2.45) is 0 Å². The maximum atomic E-state index is 12.2. The molecule has 1 N–H and O–H groups in total. The number of carbonyl (C=O) groups excluding carboxylic acids is 3. The minimum Gasteiger partial charge on any atom is -0.352 e. The van der Waals surface area contributed by atoms with Crippen LogP contribution in [-0.4, -0.2) is 46.7 Å². The molecule has 1 unspecified atom stereocenters. The average Bonchev–Trinajstić information content (AvgIpc) is 2.77. The van der Waals surface area contributed by atoms with Crippen molar-refractivity contribution < 1.29 is 14.4 Å². The third-order valence-corrected chi connectivity index (χ3v) is 4.48. The Morgan fingerprint density at radius 3 is 2.45 bits per heavy atom. The molecule has 0 saturated heterocycles. The molecule has 1 heterocycles. The van der Waals surface area contributed by atoms with E-state index in [1.165, 1.54) is 16.7 Å². The normalized spacial score (nSPS) is 14.7. The van der Waals surface area contributed by atoms with Gasteiger partial charge in [-0.2, -0.15) is 0 Å². The van der Waals surface area contributed by atoms with Crippen LogP contribution in [0.4, 0.5) is 0 Å². The topological polar surface area (TPSA) is 66.5 Å². The highest BCUT2D eigenvalue weighted by Crippen LogP contribution is 2.23. The number of thioether (sulfide) groups is 1. The zero-order chi connectivity index (χ0) is 16.1. The summed E-state index contributed by atoms with van der Waals surface area (Å²) in [7, 11) is 0. The van der Waals surface area contributed by atoms with Gasteiger partial charge in [0.05, 0.1) is 16.4 Å². The van der Waals surface area contributed by atoms with Gasteiger partial charge in [0.15, 0.2) is 0 Å². The molecule has 3 amide bonds. The second-order valence-corrected chi connectivity index (χ2v) is 6.30. The number of imide groups is 1. The highest BCUT2D eigenvalue weighted by Gasteiger charge is 2.34. The van der Waals surface area contributed by atoms with E-state index in [0.717, 1.165) is 0 Å². The molecule has 6 heteroatoms. The number of rotatable bonds is 7. The zero-order valence-corrected chi connectivity index (χ0v) is 13.2. The van der Waals surface area contributed by atoms with Crippen LogP contribution in [0, 0.1) is 0 Å². The first kappa shape index (κ1) is 16.3. The monoisotopic (exact) mass is 318 g/mol. The summed E-state index contributed by atoms with van der Waals surface area (Å²) >= 11 is 1.41. The van der Waals surface area contributed by atoms with Gasteiger partial charge >= 0.3 is 0 Å². The number of nitrogens with zero attached hydrogens (tertiary/aromatic N) is 1. The van der Waals surface area contributed by atoms with Crippen LogP contribution in [0.25, 0.3) is 0 Å². The van der Waals surface area contributed by atoms with Crippen LogP contribution in [-0.2, 0) is 4.79 Å². The molecule has 1 atom stereocenters. The van der Waals surface area contributed by atoms with E-state index in [1.54, 1.807) is 37.3 Å². The van der Waals surface area contributed by atoms with Crippen molar-refractivity contribution >= 4 is 29.5 Å². The molecular formula is C16H18N2O3S. The largest absolute Gasteiger partial charge is 0.352 e. The van der Waals surface area contributed by atoms with E-state index in [-0.39, 0.29) is 23.0 Å². The fourth-order valence-corrected chi connectivity index (χ4v) is 3.03. The van der Waals surface area contributed by atoms with E-state index >= 15 is 0 Å². The molecule has 1 aliphatic rings. The molecule has 0 spiro atoms. The molecule has 5 nitrogen and oxygen atoms in total. The number of benzene rings is 1. The van der Waals surface area contributed by atoms with Gasteiger partial charge in [-0.05, 0) is 19.1 Å². The summed E-state index contributed by atoms with van der Waals surface area (Å²) in [5, 5.41) is 2.48. The van der Waals surface area contributed by atoms with E-state index in [4.69, 9.17) is 0 Å². The van der Waals surface area contributed by atoms with Crippen LogP contribution in [0.15, 0.2) is 36.9 Å². The predicted molar refractivity (Wildman–Crippen MR) is 86.9 cm³/mol. The summed E-state index contributed by atoms with van der Waals surface area (Å²) in [6, 6.07) is 6.81. The van der Waals surface area contributed by atoms with Crippen LogP contribution < -0.4 is 5.32 Å². The van der Waals surface area contributed by atoms with E-state index in [9.17, 15) is 14.4 Å². The van der Waals surface area contributed by atoms with Crippen LogP contribution in [0.1, 0.15) is 27.6 Å². The standard InChI is InChI=1S/C16H18N2O3S/c1-3-8-17-14(19)11(2)22-10-9-18-15(20)12-6-4-5-7-13(12)16(18)21/h3-7,11H,1,8-10H2,2H3,(H,17,19).